The molecule has 0 amide bonds. The first-order chi connectivity index (χ1) is 8.85. The molecule has 0 unspecified atom stereocenters. The Morgan fingerprint density at radius 1 is 1.32 bits per heavy atom. The summed E-state index contributed by atoms with van der Waals surface area (Å²) in [6, 6.07) is 3.19. The van der Waals surface area contributed by atoms with E-state index in [0.717, 1.165) is 0 Å². The fraction of sp³-hybridized carbons (Fsp3) is 0.385. The molecular formula is C13H14Cl2N2O2. The van der Waals surface area contributed by atoms with Gasteiger partial charge in [0.15, 0.2) is 0 Å². The largest absolute Gasteiger partial charge is 0.396 e. The summed E-state index contributed by atoms with van der Waals surface area (Å²) in [7, 11) is 0. The number of fused-ring (bicyclic) bond motifs is 1. The van der Waals surface area contributed by atoms with Gasteiger partial charge in [-0.2, -0.15) is 0 Å². The SMILES string of the molecule is CC(C)(CO)Cn1cnc2c(Cl)ccc(Cl)c2c1=O. The summed E-state index contributed by atoms with van der Waals surface area (Å²) in [4.78, 5) is 16.6. The van der Waals surface area contributed by atoms with Gasteiger partial charge in [0, 0.05) is 18.6 Å². The zero-order valence-corrected chi connectivity index (χ0v) is 12.2. The van der Waals surface area contributed by atoms with E-state index in [0.29, 0.717) is 27.5 Å². The van der Waals surface area contributed by atoms with Gasteiger partial charge >= 0.3 is 0 Å². The van der Waals surface area contributed by atoms with E-state index in [1.165, 1.54) is 10.9 Å². The minimum absolute atomic E-state index is 0.0270. The highest BCUT2D eigenvalue weighted by Gasteiger charge is 2.19. The molecule has 1 heterocycles. The molecule has 0 aliphatic rings. The third-order valence-electron chi connectivity index (χ3n) is 2.91. The standard InChI is InChI=1S/C13H14Cl2N2O2/c1-13(2,6-18)5-17-7-16-11-9(15)4-3-8(14)10(11)12(17)19/h3-4,7,18H,5-6H2,1-2H3. The Kier molecular flexibility index (Phi) is 3.85. The molecule has 1 aromatic carbocycles. The second-order valence-corrected chi connectivity index (χ2v) is 6.07. The van der Waals surface area contributed by atoms with E-state index < -0.39 is 5.41 Å². The first kappa shape index (κ1) is 14.3. The second-order valence-electron chi connectivity index (χ2n) is 5.25. The maximum atomic E-state index is 12.4. The molecular weight excluding hydrogens is 287 g/mol. The molecule has 102 valence electrons. The minimum Gasteiger partial charge on any atom is -0.396 e. The number of hydrogen-bond acceptors (Lipinski definition) is 3. The Bertz CT molecular complexity index is 680. The fourth-order valence-electron chi connectivity index (χ4n) is 1.82. The van der Waals surface area contributed by atoms with E-state index in [-0.39, 0.29) is 12.2 Å². The van der Waals surface area contributed by atoms with E-state index in [2.05, 4.69) is 4.98 Å². The summed E-state index contributed by atoms with van der Waals surface area (Å²) >= 11 is 12.1. The first-order valence-electron chi connectivity index (χ1n) is 5.80. The Labute approximate surface area is 120 Å². The molecule has 0 radical (unpaired) electrons. The number of benzene rings is 1. The van der Waals surface area contributed by atoms with Crippen LogP contribution in [0.5, 0.6) is 0 Å². The lowest BCUT2D eigenvalue weighted by atomic mass is 9.95. The maximum Gasteiger partial charge on any atom is 0.262 e. The van der Waals surface area contributed by atoms with Gasteiger partial charge in [-0.1, -0.05) is 37.0 Å². The van der Waals surface area contributed by atoms with Gasteiger partial charge in [-0.15, -0.1) is 0 Å². The van der Waals surface area contributed by atoms with E-state index >= 15 is 0 Å². The summed E-state index contributed by atoms with van der Waals surface area (Å²) < 4.78 is 1.45. The molecule has 19 heavy (non-hydrogen) atoms. The summed E-state index contributed by atoms with van der Waals surface area (Å²) in [5.41, 5.74) is -0.263. The maximum absolute atomic E-state index is 12.4. The molecule has 0 spiro atoms. The van der Waals surface area contributed by atoms with Gasteiger partial charge in [0.2, 0.25) is 0 Å². The number of rotatable bonds is 3. The summed E-state index contributed by atoms with van der Waals surface area (Å²) in [6.07, 6.45) is 1.43. The third-order valence-corrected chi connectivity index (χ3v) is 3.53. The van der Waals surface area contributed by atoms with Crippen molar-refractivity contribution in [3.8, 4) is 0 Å². The van der Waals surface area contributed by atoms with Gasteiger partial charge in [0.25, 0.3) is 5.56 Å². The highest BCUT2D eigenvalue weighted by molar-refractivity contribution is 6.39. The second kappa shape index (κ2) is 5.12. The van der Waals surface area contributed by atoms with Crippen molar-refractivity contribution in [1.82, 2.24) is 9.55 Å². The number of halogens is 2. The molecule has 0 atom stereocenters. The van der Waals surface area contributed by atoms with Gasteiger partial charge in [-0.3, -0.25) is 9.36 Å². The van der Waals surface area contributed by atoms with Crippen molar-refractivity contribution in [3.05, 3.63) is 38.9 Å². The van der Waals surface area contributed by atoms with Crippen LogP contribution in [0.1, 0.15) is 13.8 Å². The van der Waals surface area contributed by atoms with Crippen LogP contribution in [-0.2, 0) is 6.54 Å². The summed E-state index contributed by atoms with van der Waals surface area (Å²) in [6.45, 7) is 4.06. The Morgan fingerprint density at radius 2 is 1.95 bits per heavy atom. The number of aromatic nitrogens is 2. The van der Waals surface area contributed by atoms with Crippen molar-refractivity contribution in [1.29, 1.82) is 0 Å². The average Bonchev–Trinajstić information content (AvgIpc) is 2.36. The highest BCUT2D eigenvalue weighted by atomic mass is 35.5. The Hall–Kier alpha value is -1.10. The number of nitrogens with zero attached hydrogens (tertiary/aromatic N) is 2. The number of aliphatic hydroxyl groups is 1. The van der Waals surface area contributed by atoms with Crippen molar-refractivity contribution in [2.75, 3.05) is 6.61 Å². The van der Waals surface area contributed by atoms with E-state index in [1.807, 2.05) is 13.8 Å². The molecule has 6 heteroatoms. The average molecular weight is 301 g/mol. The van der Waals surface area contributed by atoms with Gasteiger partial charge in [0.1, 0.15) is 0 Å². The molecule has 0 bridgehead atoms. The van der Waals surface area contributed by atoms with Gasteiger partial charge in [-0.25, -0.2) is 4.98 Å². The molecule has 0 aliphatic carbocycles. The molecule has 2 rings (SSSR count). The van der Waals surface area contributed by atoms with E-state index in [9.17, 15) is 9.90 Å². The molecule has 0 fully saturated rings. The molecule has 2 aromatic rings. The highest BCUT2D eigenvalue weighted by Crippen LogP contribution is 2.25. The van der Waals surface area contributed by atoms with Crippen LogP contribution in [0.2, 0.25) is 10.0 Å². The smallest absolute Gasteiger partial charge is 0.262 e. The summed E-state index contributed by atoms with van der Waals surface area (Å²) in [5, 5.41) is 10.3. The van der Waals surface area contributed by atoms with Crippen molar-refractivity contribution < 1.29 is 5.11 Å². The van der Waals surface area contributed by atoms with Crippen LogP contribution in [0, 0.1) is 5.41 Å². The Balaban J connectivity index is 2.65. The lowest BCUT2D eigenvalue weighted by molar-refractivity contribution is 0.139. The monoisotopic (exact) mass is 300 g/mol. The topological polar surface area (TPSA) is 55.1 Å². The van der Waals surface area contributed by atoms with Crippen LogP contribution in [0.15, 0.2) is 23.3 Å². The van der Waals surface area contributed by atoms with Crippen LogP contribution in [0.3, 0.4) is 0 Å². The van der Waals surface area contributed by atoms with Crippen molar-refractivity contribution >= 4 is 34.1 Å². The normalized spacial score (nSPS) is 12.1. The molecule has 0 saturated carbocycles. The van der Waals surface area contributed by atoms with Crippen LogP contribution in [-0.4, -0.2) is 21.3 Å². The number of aliphatic hydroxyl groups excluding tert-OH is 1. The lowest BCUT2D eigenvalue weighted by Crippen LogP contribution is -2.31. The van der Waals surface area contributed by atoms with Gasteiger partial charge < -0.3 is 5.11 Å². The fourth-order valence-corrected chi connectivity index (χ4v) is 2.26. The predicted molar refractivity (Wildman–Crippen MR) is 76.9 cm³/mol. The number of hydrogen-bond donors (Lipinski definition) is 1. The van der Waals surface area contributed by atoms with Crippen LogP contribution >= 0.6 is 23.2 Å². The molecule has 4 nitrogen and oxygen atoms in total. The first-order valence-corrected chi connectivity index (χ1v) is 6.55. The quantitative estimate of drug-likeness (QED) is 0.948. The minimum atomic E-state index is -0.412. The van der Waals surface area contributed by atoms with Crippen molar-refractivity contribution in [2.45, 2.75) is 20.4 Å². The molecule has 1 aromatic heterocycles. The Morgan fingerprint density at radius 3 is 2.58 bits per heavy atom. The summed E-state index contributed by atoms with van der Waals surface area (Å²) in [5.74, 6) is 0. The van der Waals surface area contributed by atoms with E-state index in [1.54, 1.807) is 12.1 Å². The molecule has 0 aliphatic heterocycles. The zero-order chi connectivity index (χ0) is 14.2. The van der Waals surface area contributed by atoms with Crippen molar-refractivity contribution in [3.63, 3.8) is 0 Å². The van der Waals surface area contributed by atoms with E-state index in [4.69, 9.17) is 23.2 Å². The molecule has 1 N–H and O–H groups in total. The zero-order valence-electron chi connectivity index (χ0n) is 10.7. The van der Waals surface area contributed by atoms with Crippen LogP contribution in [0.25, 0.3) is 10.9 Å². The van der Waals surface area contributed by atoms with Gasteiger partial charge in [-0.05, 0) is 12.1 Å². The lowest BCUT2D eigenvalue weighted by Gasteiger charge is -2.22. The van der Waals surface area contributed by atoms with Crippen LogP contribution in [0.4, 0.5) is 0 Å². The third kappa shape index (κ3) is 2.76. The molecule has 0 saturated heterocycles. The van der Waals surface area contributed by atoms with Crippen molar-refractivity contribution in [2.24, 2.45) is 5.41 Å². The predicted octanol–water partition coefficient (Wildman–Crippen LogP) is 2.72. The van der Waals surface area contributed by atoms with Crippen LogP contribution < -0.4 is 5.56 Å². The van der Waals surface area contributed by atoms with Gasteiger partial charge in [0.05, 0.1) is 27.3 Å².